The van der Waals surface area contributed by atoms with Crippen molar-refractivity contribution in [3.8, 4) is 0 Å². The lowest BCUT2D eigenvalue weighted by Gasteiger charge is -2.31. The van der Waals surface area contributed by atoms with Crippen LogP contribution in [0.4, 0.5) is 0 Å². The first-order chi connectivity index (χ1) is 13.8. The van der Waals surface area contributed by atoms with Crippen LogP contribution in [0.15, 0.2) is 36.8 Å². The SMILES string of the molecule is CCN1CCC[C@H]1CN(Cc1cccnc1)Cc1ccnn1[C@H]1CCCCO1. The number of ether oxygens (including phenoxy) is 1. The van der Waals surface area contributed by atoms with Crippen molar-refractivity contribution in [1.82, 2.24) is 24.6 Å². The topological polar surface area (TPSA) is 46.4 Å². The minimum Gasteiger partial charge on any atom is -0.357 e. The summed E-state index contributed by atoms with van der Waals surface area (Å²) in [6.07, 6.45) is 11.9. The van der Waals surface area contributed by atoms with E-state index in [1.54, 1.807) is 0 Å². The fourth-order valence-corrected chi connectivity index (χ4v) is 4.62. The number of nitrogens with zero attached hydrogens (tertiary/aromatic N) is 5. The third-order valence-corrected chi connectivity index (χ3v) is 6.07. The Morgan fingerprint density at radius 1 is 1.14 bits per heavy atom. The second kappa shape index (κ2) is 9.63. The van der Waals surface area contributed by atoms with Gasteiger partial charge in [0.1, 0.15) is 0 Å². The summed E-state index contributed by atoms with van der Waals surface area (Å²) < 4.78 is 8.11. The van der Waals surface area contributed by atoms with Crippen molar-refractivity contribution in [2.24, 2.45) is 0 Å². The molecule has 0 amide bonds. The first kappa shape index (κ1) is 19.6. The second-order valence-electron chi connectivity index (χ2n) is 8.04. The number of likely N-dealkylation sites (tertiary alicyclic amines) is 1. The molecule has 2 atom stereocenters. The van der Waals surface area contributed by atoms with Gasteiger partial charge < -0.3 is 4.74 Å². The fraction of sp³-hybridized carbons (Fsp3) is 0.636. The van der Waals surface area contributed by atoms with E-state index in [-0.39, 0.29) is 6.23 Å². The lowest BCUT2D eigenvalue weighted by molar-refractivity contribution is -0.0422. The summed E-state index contributed by atoms with van der Waals surface area (Å²) in [5, 5.41) is 4.61. The van der Waals surface area contributed by atoms with E-state index in [1.807, 2.05) is 24.7 Å². The van der Waals surface area contributed by atoms with E-state index in [4.69, 9.17) is 4.74 Å². The fourth-order valence-electron chi connectivity index (χ4n) is 4.62. The van der Waals surface area contributed by atoms with E-state index < -0.39 is 0 Å². The minimum absolute atomic E-state index is 0.0950. The van der Waals surface area contributed by atoms with Crippen LogP contribution in [0.25, 0.3) is 0 Å². The van der Waals surface area contributed by atoms with Crippen LogP contribution in [0.5, 0.6) is 0 Å². The predicted octanol–water partition coefficient (Wildman–Crippen LogP) is 3.46. The van der Waals surface area contributed by atoms with Gasteiger partial charge in [-0.15, -0.1) is 0 Å². The number of aromatic nitrogens is 3. The Morgan fingerprint density at radius 3 is 2.89 bits per heavy atom. The van der Waals surface area contributed by atoms with E-state index in [0.29, 0.717) is 6.04 Å². The Kier molecular flexibility index (Phi) is 6.73. The van der Waals surface area contributed by atoms with Gasteiger partial charge in [0.05, 0.1) is 5.69 Å². The van der Waals surface area contributed by atoms with Gasteiger partial charge in [-0.05, 0) is 62.9 Å². The molecule has 0 unspecified atom stereocenters. The van der Waals surface area contributed by atoms with E-state index in [0.717, 1.165) is 45.6 Å². The molecule has 0 spiro atoms. The van der Waals surface area contributed by atoms with Gasteiger partial charge in [0.15, 0.2) is 6.23 Å². The van der Waals surface area contributed by atoms with Gasteiger partial charge in [-0.3, -0.25) is 14.8 Å². The van der Waals surface area contributed by atoms with Crippen molar-refractivity contribution < 1.29 is 4.74 Å². The molecule has 0 saturated carbocycles. The molecule has 0 radical (unpaired) electrons. The Bertz CT molecular complexity index is 713. The maximum atomic E-state index is 5.99. The third-order valence-electron chi connectivity index (χ3n) is 6.07. The molecule has 2 aromatic heterocycles. The van der Waals surface area contributed by atoms with E-state index in [1.165, 1.54) is 37.1 Å². The van der Waals surface area contributed by atoms with Crippen LogP contribution in [-0.4, -0.2) is 56.8 Å². The van der Waals surface area contributed by atoms with Crippen LogP contribution in [0, 0.1) is 0 Å². The van der Waals surface area contributed by atoms with Crippen molar-refractivity contribution in [3.63, 3.8) is 0 Å². The highest BCUT2D eigenvalue weighted by Crippen LogP contribution is 2.25. The highest BCUT2D eigenvalue weighted by molar-refractivity contribution is 5.09. The molecule has 0 bridgehead atoms. The average Bonchev–Trinajstić information content (AvgIpc) is 3.38. The molecule has 0 N–H and O–H groups in total. The normalized spacial score (nSPS) is 23.5. The molecule has 2 aliphatic rings. The van der Waals surface area contributed by atoms with E-state index in [2.05, 4.69) is 43.6 Å². The van der Waals surface area contributed by atoms with Gasteiger partial charge >= 0.3 is 0 Å². The molecule has 0 aliphatic carbocycles. The largest absolute Gasteiger partial charge is 0.357 e. The Hall–Kier alpha value is -1.76. The summed E-state index contributed by atoms with van der Waals surface area (Å²) >= 11 is 0. The minimum atomic E-state index is 0.0950. The first-order valence-electron chi connectivity index (χ1n) is 10.8. The molecule has 2 aromatic rings. The zero-order valence-corrected chi connectivity index (χ0v) is 17.0. The lowest BCUT2D eigenvalue weighted by atomic mass is 10.1. The summed E-state index contributed by atoms with van der Waals surface area (Å²) in [5.41, 5.74) is 2.51. The van der Waals surface area contributed by atoms with Crippen molar-refractivity contribution in [1.29, 1.82) is 0 Å². The molecule has 6 nitrogen and oxygen atoms in total. The van der Waals surface area contributed by atoms with Crippen LogP contribution in [0.3, 0.4) is 0 Å². The quantitative estimate of drug-likeness (QED) is 0.699. The average molecular weight is 384 g/mol. The van der Waals surface area contributed by atoms with Crippen molar-refractivity contribution in [2.45, 2.75) is 64.4 Å². The Morgan fingerprint density at radius 2 is 2.11 bits per heavy atom. The summed E-state index contributed by atoms with van der Waals surface area (Å²) in [6, 6.07) is 7.00. The van der Waals surface area contributed by atoms with Crippen molar-refractivity contribution >= 4 is 0 Å². The summed E-state index contributed by atoms with van der Waals surface area (Å²) in [5.74, 6) is 0. The number of hydrogen-bond acceptors (Lipinski definition) is 5. The van der Waals surface area contributed by atoms with E-state index >= 15 is 0 Å². The molecule has 2 fully saturated rings. The third kappa shape index (κ3) is 4.80. The van der Waals surface area contributed by atoms with Gasteiger partial charge in [-0.25, -0.2) is 4.68 Å². The highest BCUT2D eigenvalue weighted by Gasteiger charge is 2.26. The van der Waals surface area contributed by atoms with E-state index in [9.17, 15) is 0 Å². The molecule has 2 saturated heterocycles. The monoisotopic (exact) mass is 383 g/mol. The Labute approximate surface area is 168 Å². The zero-order chi connectivity index (χ0) is 19.2. The summed E-state index contributed by atoms with van der Waals surface area (Å²) in [6.45, 7) is 8.38. The smallest absolute Gasteiger partial charge is 0.150 e. The highest BCUT2D eigenvalue weighted by atomic mass is 16.5. The van der Waals surface area contributed by atoms with Crippen LogP contribution in [-0.2, 0) is 17.8 Å². The van der Waals surface area contributed by atoms with Crippen LogP contribution < -0.4 is 0 Å². The second-order valence-corrected chi connectivity index (χ2v) is 8.04. The molecule has 2 aliphatic heterocycles. The molecular formula is C22H33N5O. The van der Waals surface area contributed by atoms with Crippen LogP contribution in [0.1, 0.15) is 56.5 Å². The van der Waals surface area contributed by atoms with Gasteiger partial charge in [0.25, 0.3) is 0 Å². The zero-order valence-electron chi connectivity index (χ0n) is 17.0. The Balaban J connectivity index is 1.49. The van der Waals surface area contributed by atoms with Gasteiger partial charge in [-0.1, -0.05) is 13.0 Å². The lowest BCUT2D eigenvalue weighted by Crippen LogP contribution is -2.40. The summed E-state index contributed by atoms with van der Waals surface area (Å²) in [7, 11) is 0. The molecule has 6 heteroatoms. The maximum Gasteiger partial charge on any atom is 0.150 e. The summed E-state index contributed by atoms with van der Waals surface area (Å²) in [4.78, 5) is 9.50. The van der Waals surface area contributed by atoms with Crippen LogP contribution in [0.2, 0.25) is 0 Å². The molecular weight excluding hydrogens is 350 g/mol. The number of hydrogen-bond donors (Lipinski definition) is 0. The van der Waals surface area contributed by atoms with Gasteiger partial charge in [-0.2, -0.15) is 5.10 Å². The van der Waals surface area contributed by atoms with Gasteiger partial charge in [0, 0.05) is 50.9 Å². The van der Waals surface area contributed by atoms with Crippen LogP contribution >= 0.6 is 0 Å². The maximum absolute atomic E-state index is 5.99. The molecule has 4 heterocycles. The van der Waals surface area contributed by atoms with Crippen molar-refractivity contribution in [3.05, 3.63) is 48.0 Å². The molecule has 28 heavy (non-hydrogen) atoms. The first-order valence-corrected chi connectivity index (χ1v) is 10.8. The van der Waals surface area contributed by atoms with Crippen molar-refractivity contribution in [2.75, 3.05) is 26.2 Å². The molecule has 4 rings (SSSR count). The van der Waals surface area contributed by atoms with Gasteiger partial charge in [0.2, 0.25) is 0 Å². The predicted molar refractivity (Wildman–Crippen MR) is 110 cm³/mol. The molecule has 0 aromatic carbocycles. The number of rotatable bonds is 8. The number of likely N-dealkylation sites (N-methyl/N-ethyl adjacent to an activating group) is 1. The molecule has 152 valence electrons. The number of pyridine rings is 1. The standard InChI is InChI=1S/C22H33N5O/c1-2-26-13-6-8-20(26)17-25(16-19-7-5-11-23-15-19)18-21-10-12-24-27(21)22-9-3-4-14-28-22/h5,7,10-12,15,20,22H,2-4,6,8-9,13-14,16-18H2,1H3/t20-,22+/m0/s1.